The smallest absolute Gasteiger partial charge is 0.241 e. The molecule has 4 nitrogen and oxygen atoms in total. The molecule has 0 aliphatic heterocycles. The highest BCUT2D eigenvalue weighted by atomic mass is 32.2. The zero-order valence-corrected chi connectivity index (χ0v) is 14.4. The highest BCUT2D eigenvalue weighted by Crippen LogP contribution is 2.19. The summed E-state index contributed by atoms with van der Waals surface area (Å²) in [4.78, 5) is 0.418. The Morgan fingerprint density at radius 1 is 1.19 bits per heavy atom. The molecular formula is C16H28N2O2S. The third-order valence-electron chi connectivity index (χ3n) is 3.53. The second-order valence-corrected chi connectivity index (χ2v) is 7.09. The Bertz CT molecular complexity index is 541. The molecule has 120 valence electrons. The summed E-state index contributed by atoms with van der Waals surface area (Å²) >= 11 is 0. The lowest BCUT2D eigenvalue weighted by atomic mass is 10.1. The maximum absolute atomic E-state index is 12.5. The molecule has 0 radical (unpaired) electrons. The quantitative estimate of drug-likeness (QED) is 0.689. The summed E-state index contributed by atoms with van der Waals surface area (Å²) in [6, 6.07) is 5.67. The van der Waals surface area contributed by atoms with Crippen molar-refractivity contribution < 1.29 is 8.42 Å². The number of hydrogen-bond donors (Lipinski definition) is 2. The second-order valence-electron chi connectivity index (χ2n) is 5.40. The van der Waals surface area contributed by atoms with E-state index in [0.717, 1.165) is 30.5 Å². The first kappa shape index (κ1) is 18.1. The van der Waals surface area contributed by atoms with Gasteiger partial charge < -0.3 is 5.32 Å². The van der Waals surface area contributed by atoms with Gasteiger partial charge in [0.05, 0.1) is 4.90 Å². The van der Waals surface area contributed by atoms with Crippen LogP contribution in [0.25, 0.3) is 0 Å². The Morgan fingerprint density at radius 2 is 1.90 bits per heavy atom. The standard InChI is InChI=1S/C16H28N2O2S/c1-5-10-17-12-14-8-9-15(7-3)16(11-14)21(19,20)18-13(4)6-2/h8-9,11,13,17-18H,5-7,10,12H2,1-4H3. The average Bonchev–Trinajstić information content (AvgIpc) is 2.46. The maximum atomic E-state index is 12.5. The van der Waals surface area contributed by atoms with Crippen LogP contribution in [0, 0.1) is 0 Å². The van der Waals surface area contributed by atoms with Crippen LogP contribution >= 0.6 is 0 Å². The Morgan fingerprint density at radius 3 is 2.48 bits per heavy atom. The van der Waals surface area contributed by atoms with Crippen molar-refractivity contribution in [1.82, 2.24) is 10.0 Å². The molecule has 0 spiro atoms. The molecule has 1 aromatic carbocycles. The Hall–Kier alpha value is -0.910. The second kappa shape index (κ2) is 8.51. The average molecular weight is 312 g/mol. The fourth-order valence-corrected chi connectivity index (χ4v) is 3.76. The van der Waals surface area contributed by atoms with Crippen LogP contribution < -0.4 is 10.0 Å². The summed E-state index contributed by atoms with van der Waals surface area (Å²) in [6.45, 7) is 9.58. The molecule has 21 heavy (non-hydrogen) atoms. The zero-order valence-electron chi connectivity index (χ0n) is 13.6. The molecule has 1 aromatic rings. The number of sulfonamides is 1. The summed E-state index contributed by atoms with van der Waals surface area (Å²) in [7, 11) is -3.45. The normalized spacial score (nSPS) is 13.3. The van der Waals surface area contributed by atoms with Crippen molar-refractivity contribution >= 4 is 10.0 Å². The lowest BCUT2D eigenvalue weighted by Gasteiger charge is -2.16. The number of aryl methyl sites for hydroxylation is 1. The van der Waals surface area contributed by atoms with Gasteiger partial charge in [0.25, 0.3) is 0 Å². The van der Waals surface area contributed by atoms with E-state index in [1.165, 1.54) is 0 Å². The van der Waals surface area contributed by atoms with E-state index in [-0.39, 0.29) is 6.04 Å². The molecule has 0 saturated carbocycles. The van der Waals surface area contributed by atoms with Crippen LogP contribution in [0.1, 0.15) is 51.7 Å². The van der Waals surface area contributed by atoms with Crippen LogP contribution in [0.5, 0.6) is 0 Å². The van der Waals surface area contributed by atoms with Gasteiger partial charge in [0.1, 0.15) is 0 Å². The van der Waals surface area contributed by atoms with Gasteiger partial charge in [-0.1, -0.05) is 32.9 Å². The van der Waals surface area contributed by atoms with Gasteiger partial charge in [0.2, 0.25) is 10.0 Å². The first-order valence-corrected chi connectivity index (χ1v) is 9.27. The van der Waals surface area contributed by atoms with Crippen LogP contribution in [0.3, 0.4) is 0 Å². The van der Waals surface area contributed by atoms with Crippen LogP contribution in [0.4, 0.5) is 0 Å². The molecule has 0 heterocycles. The minimum atomic E-state index is -3.45. The Kier molecular flexibility index (Phi) is 7.35. The van der Waals surface area contributed by atoms with Crippen LogP contribution in [-0.2, 0) is 23.0 Å². The highest BCUT2D eigenvalue weighted by Gasteiger charge is 2.20. The van der Waals surface area contributed by atoms with Crippen LogP contribution in [0.2, 0.25) is 0 Å². The predicted octanol–water partition coefficient (Wildman–Crippen LogP) is 2.83. The van der Waals surface area contributed by atoms with Crippen molar-refractivity contribution in [3.63, 3.8) is 0 Å². The maximum Gasteiger partial charge on any atom is 0.241 e. The van der Waals surface area contributed by atoms with Crippen molar-refractivity contribution in [2.24, 2.45) is 0 Å². The van der Waals surface area contributed by atoms with Crippen molar-refractivity contribution in [2.75, 3.05) is 6.54 Å². The molecule has 0 aromatic heterocycles. The van der Waals surface area contributed by atoms with E-state index in [1.54, 1.807) is 6.07 Å². The van der Waals surface area contributed by atoms with Crippen molar-refractivity contribution in [3.8, 4) is 0 Å². The summed E-state index contributed by atoms with van der Waals surface area (Å²) in [5, 5.41) is 3.30. The van der Waals surface area contributed by atoms with Crippen LogP contribution in [0.15, 0.2) is 23.1 Å². The fraction of sp³-hybridized carbons (Fsp3) is 0.625. The summed E-state index contributed by atoms with van der Waals surface area (Å²) in [5.41, 5.74) is 1.87. The molecule has 1 unspecified atom stereocenters. The first-order chi connectivity index (χ1) is 9.94. The summed E-state index contributed by atoms with van der Waals surface area (Å²) < 4.78 is 27.8. The van der Waals surface area contributed by atoms with E-state index < -0.39 is 10.0 Å². The molecule has 5 heteroatoms. The SMILES string of the molecule is CCCNCc1ccc(CC)c(S(=O)(=O)NC(C)CC)c1. The molecular weight excluding hydrogens is 284 g/mol. The highest BCUT2D eigenvalue weighted by molar-refractivity contribution is 7.89. The monoisotopic (exact) mass is 312 g/mol. The van der Waals surface area contributed by atoms with Crippen molar-refractivity contribution in [3.05, 3.63) is 29.3 Å². The van der Waals surface area contributed by atoms with Gasteiger partial charge in [-0.25, -0.2) is 13.1 Å². The van der Waals surface area contributed by atoms with Gasteiger partial charge in [-0.05, 0) is 49.9 Å². The summed E-state index contributed by atoms with van der Waals surface area (Å²) in [6.07, 6.45) is 2.55. The number of benzene rings is 1. The van der Waals surface area contributed by atoms with E-state index >= 15 is 0 Å². The van der Waals surface area contributed by atoms with Gasteiger partial charge in [-0.2, -0.15) is 0 Å². The van der Waals surface area contributed by atoms with E-state index in [1.807, 2.05) is 32.9 Å². The topological polar surface area (TPSA) is 58.2 Å². The minimum Gasteiger partial charge on any atom is -0.313 e. The van der Waals surface area contributed by atoms with E-state index in [9.17, 15) is 8.42 Å². The molecule has 0 amide bonds. The molecule has 2 N–H and O–H groups in total. The van der Waals surface area contributed by atoms with E-state index in [4.69, 9.17) is 0 Å². The third kappa shape index (κ3) is 5.41. The Balaban J connectivity index is 3.04. The Labute approximate surface area is 129 Å². The molecule has 0 aliphatic rings. The third-order valence-corrected chi connectivity index (χ3v) is 5.20. The molecule has 0 fully saturated rings. The molecule has 0 saturated heterocycles. The van der Waals surface area contributed by atoms with Gasteiger partial charge in [-0.15, -0.1) is 0 Å². The lowest BCUT2D eigenvalue weighted by Crippen LogP contribution is -2.32. The molecule has 1 rings (SSSR count). The minimum absolute atomic E-state index is 0.0541. The number of rotatable bonds is 9. The lowest BCUT2D eigenvalue weighted by molar-refractivity contribution is 0.554. The van der Waals surface area contributed by atoms with Gasteiger partial charge in [0.15, 0.2) is 0 Å². The molecule has 0 aliphatic carbocycles. The van der Waals surface area contributed by atoms with Crippen molar-refractivity contribution in [1.29, 1.82) is 0 Å². The zero-order chi connectivity index (χ0) is 15.9. The van der Waals surface area contributed by atoms with Gasteiger partial charge in [-0.3, -0.25) is 0 Å². The fourth-order valence-electron chi connectivity index (χ4n) is 2.07. The number of hydrogen-bond acceptors (Lipinski definition) is 3. The molecule has 1 atom stereocenters. The predicted molar refractivity (Wildman–Crippen MR) is 87.9 cm³/mol. The molecule has 0 bridgehead atoms. The first-order valence-electron chi connectivity index (χ1n) is 7.79. The number of nitrogens with one attached hydrogen (secondary N) is 2. The van der Waals surface area contributed by atoms with E-state index in [0.29, 0.717) is 17.9 Å². The van der Waals surface area contributed by atoms with Gasteiger partial charge >= 0.3 is 0 Å². The van der Waals surface area contributed by atoms with E-state index in [2.05, 4.69) is 17.0 Å². The largest absolute Gasteiger partial charge is 0.313 e. The van der Waals surface area contributed by atoms with Crippen molar-refractivity contribution in [2.45, 2.75) is 64.4 Å². The summed E-state index contributed by atoms with van der Waals surface area (Å²) in [5.74, 6) is 0. The van der Waals surface area contributed by atoms with Crippen LogP contribution in [-0.4, -0.2) is 21.0 Å². The van der Waals surface area contributed by atoms with Gasteiger partial charge in [0, 0.05) is 12.6 Å².